The largest absolute Gasteiger partial charge is 0.480 e. The van der Waals surface area contributed by atoms with Crippen LogP contribution in [0.2, 0.25) is 0 Å². The summed E-state index contributed by atoms with van der Waals surface area (Å²) in [6.07, 6.45) is -0.235. The van der Waals surface area contributed by atoms with Crippen molar-refractivity contribution in [3.63, 3.8) is 0 Å². The van der Waals surface area contributed by atoms with E-state index in [0.29, 0.717) is 23.1 Å². The molecule has 2 heterocycles. The zero-order valence-electron chi connectivity index (χ0n) is 18.6. The highest BCUT2D eigenvalue weighted by Crippen LogP contribution is 2.22. The highest BCUT2D eigenvalue weighted by atomic mass is 16.6. The summed E-state index contributed by atoms with van der Waals surface area (Å²) in [6, 6.07) is 5.25. The van der Waals surface area contributed by atoms with Crippen molar-refractivity contribution in [2.24, 2.45) is 0 Å². The Balaban J connectivity index is 1.75. The van der Waals surface area contributed by atoms with E-state index in [4.69, 9.17) is 4.74 Å². The molecule has 0 bridgehead atoms. The summed E-state index contributed by atoms with van der Waals surface area (Å²) >= 11 is 0. The minimum absolute atomic E-state index is 0.00310. The van der Waals surface area contributed by atoms with Crippen LogP contribution < -0.4 is 10.9 Å². The van der Waals surface area contributed by atoms with Crippen LogP contribution in [0, 0.1) is 0 Å². The highest BCUT2D eigenvalue weighted by Gasteiger charge is 2.42. The van der Waals surface area contributed by atoms with Gasteiger partial charge in [0.05, 0.1) is 10.9 Å². The van der Waals surface area contributed by atoms with Gasteiger partial charge in [-0.1, -0.05) is 19.1 Å². The van der Waals surface area contributed by atoms with Gasteiger partial charge < -0.3 is 15.2 Å². The van der Waals surface area contributed by atoms with Crippen LogP contribution in [-0.4, -0.2) is 61.8 Å². The third-order valence-corrected chi connectivity index (χ3v) is 5.14. The number of ether oxygens (including phenoxy) is 1. The predicted octanol–water partition coefficient (Wildman–Crippen LogP) is 1.54. The zero-order valence-corrected chi connectivity index (χ0v) is 18.6. The molecule has 1 aliphatic rings. The molecule has 172 valence electrons. The number of benzene rings is 1. The van der Waals surface area contributed by atoms with Gasteiger partial charge in [0.2, 0.25) is 5.91 Å². The lowest BCUT2D eigenvalue weighted by molar-refractivity contribution is -0.142. The van der Waals surface area contributed by atoms with Crippen LogP contribution in [0.5, 0.6) is 0 Å². The number of carbonyl (C=O) groups excluding carboxylic acids is 2. The van der Waals surface area contributed by atoms with Gasteiger partial charge >= 0.3 is 12.1 Å². The number of aryl methyl sites for hydroxylation is 1. The van der Waals surface area contributed by atoms with E-state index < -0.39 is 35.7 Å². The molecule has 1 aromatic carbocycles. The average molecular weight is 444 g/mol. The molecule has 1 saturated heterocycles. The van der Waals surface area contributed by atoms with Gasteiger partial charge in [-0.3, -0.25) is 19.1 Å². The Hall–Kier alpha value is -3.43. The fourth-order valence-electron chi connectivity index (χ4n) is 3.76. The SMILES string of the molecule is CCc1nc2ccccc2c(=O)n1CC(=O)N[C@H]1C[C@@H](C(=O)O)N(C(=O)OC(C)(C)C)C1. The van der Waals surface area contributed by atoms with Gasteiger partial charge in [-0.15, -0.1) is 0 Å². The molecule has 10 nitrogen and oxygen atoms in total. The number of fused-ring (bicyclic) bond motifs is 1. The topological polar surface area (TPSA) is 131 Å². The molecule has 32 heavy (non-hydrogen) atoms. The number of aromatic nitrogens is 2. The number of amides is 2. The minimum Gasteiger partial charge on any atom is -0.480 e. The van der Waals surface area contributed by atoms with Crippen molar-refractivity contribution in [3.05, 3.63) is 40.4 Å². The molecule has 3 rings (SSSR count). The van der Waals surface area contributed by atoms with Crippen LogP contribution in [0.3, 0.4) is 0 Å². The fraction of sp³-hybridized carbons (Fsp3) is 0.500. The first-order chi connectivity index (χ1) is 15.0. The van der Waals surface area contributed by atoms with E-state index in [1.54, 1.807) is 45.0 Å². The van der Waals surface area contributed by atoms with Crippen molar-refractivity contribution in [1.29, 1.82) is 0 Å². The molecule has 2 aromatic rings. The number of aliphatic carboxylic acids is 1. The van der Waals surface area contributed by atoms with Crippen molar-refractivity contribution in [3.8, 4) is 0 Å². The molecular weight excluding hydrogens is 416 g/mol. The van der Waals surface area contributed by atoms with E-state index in [9.17, 15) is 24.3 Å². The summed E-state index contributed by atoms with van der Waals surface area (Å²) < 4.78 is 6.62. The van der Waals surface area contributed by atoms with E-state index >= 15 is 0 Å². The van der Waals surface area contributed by atoms with E-state index in [2.05, 4.69) is 10.3 Å². The molecule has 10 heteroatoms. The van der Waals surface area contributed by atoms with E-state index in [0.717, 1.165) is 4.90 Å². The first-order valence-electron chi connectivity index (χ1n) is 10.5. The summed E-state index contributed by atoms with van der Waals surface area (Å²) in [5.74, 6) is -1.15. The van der Waals surface area contributed by atoms with Gasteiger partial charge in [-0.05, 0) is 32.9 Å². The molecule has 0 radical (unpaired) electrons. The molecule has 0 unspecified atom stereocenters. The van der Waals surface area contributed by atoms with Gasteiger partial charge in [0.25, 0.3) is 5.56 Å². The van der Waals surface area contributed by atoms with E-state index in [-0.39, 0.29) is 25.1 Å². The Kier molecular flexibility index (Phi) is 6.52. The van der Waals surface area contributed by atoms with Crippen LogP contribution in [-0.2, 0) is 27.3 Å². The average Bonchev–Trinajstić information content (AvgIpc) is 3.13. The third-order valence-electron chi connectivity index (χ3n) is 5.14. The second-order valence-electron chi connectivity index (χ2n) is 8.78. The van der Waals surface area contributed by atoms with E-state index in [1.165, 1.54) is 4.57 Å². The van der Waals surface area contributed by atoms with Crippen LogP contribution in [0.1, 0.15) is 39.9 Å². The molecular formula is C22H28N4O6. The summed E-state index contributed by atoms with van der Waals surface area (Å²) in [4.78, 5) is 55.3. The first-order valence-corrected chi connectivity index (χ1v) is 10.5. The second kappa shape index (κ2) is 8.97. The number of nitrogens with one attached hydrogen (secondary N) is 1. The number of para-hydroxylation sites is 1. The van der Waals surface area contributed by atoms with Gasteiger partial charge in [-0.2, -0.15) is 0 Å². The second-order valence-corrected chi connectivity index (χ2v) is 8.78. The molecule has 0 saturated carbocycles. The van der Waals surface area contributed by atoms with Gasteiger partial charge in [0, 0.05) is 25.4 Å². The standard InChI is InChI=1S/C22H28N4O6/c1-5-17-24-15-9-7-6-8-14(15)19(28)26(17)12-18(27)23-13-10-16(20(29)30)25(11-13)21(31)32-22(2,3)4/h6-9,13,16H,5,10-12H2,1-4H3,(H,23,27)(H,29,30)/t13-,16-/m0/s1. The number of carboxylic acid groups (broad SMARTS) is 1. The lowest BCUT2D eigenvalue weighted by atomic mass is 10.1. The van der Waals surface area contributed by atoms with Crippen molar-refractivity contribution >= 4 is 28.9 Å². The Morgan fingerprint density at radius 1 is 1.25 bits per heavy atom. The Morgan fingerprint density at radius 2 is 1.94 bits per heavy atom. The summed E-state index contributed by atoms with van der Waals surface area (Å²) in [7, 11) is 0. The first kappa shape index (κ1) is 23.2. The molecule has 2 N–H and O–H groups in total. The lowest BCUT2D eigenvalue weighted by Gasteiger charge is -2.26. The van der Waals surface area contributed by atoms with Crippen molar-refractivity contribution < 1.29 is 24.2 Å². The van der Waals surface area contributed by atoms with Crippen molar-refractivity contribution in [2.45, 2.75) is 64.8 Å². The Bertz CT molecular complexity index is 1100. The van der Waals surface area contributed by atoms with Gasteiger partial charge in [-0.25, -0.2) is 14.6 Å². The Labute approximate surface area is 185 Å². The molecule has 0 aliphatic carbocycles. The highest BCUT2D eigenvalue weighted by molar-refractivity contribution is 5.82. The molecule has 1 aliphatic heterocycles. The monoisotopic (exact) mass is 444 g/mol. The summed E-state index contributed by atoms with van der Waals surface area (Å²) in [5.41, 5.74) is -0.519. The fourth-order valence-corrected chi connectivity index (χ4v) is 3.76. The van der Waals surface area contributed by atoms with Gasteiger partial charge in [0.15, 0.2) is 0 Å². The number of likely N-dealkylation sites (tertiary alicyclic amines) is 1. The number of carboxylic acids is 1. The summed E-state index contributed by atoms with van der Waals surface area (Å²) in [5, 5.41) is 12.7. The smallest absolute Gasteiger partial charge is 0.411 e. The predicted molar refractivity (Wildman–Crippen MR) is 116 cm³/mol. The zero-order chi connectivity index (χ0) is 23.6. The third kappa shape index (κ3) is 5.06. The molecule has 1 fully saturated rings. The lowest BCUT2D eigenvalue weighted by Crippen LogP contribution is -2.44. The number of carbonyl (C=O) groups is 3. The maximum absolute atomic E-state index is 12.9. The minimum atomic E-state index is -1.17. The van der Waals surface area contributed by atoms with Gasteiger partial charge in [0.1, 0.15) is 24.0 Å². The normalized spacial score (nSPS) is 18.6. The molecule has 1 aromatic heterocycles. The molecule has 0 spiro atoms. The molecule has 2 amide bonds. The number of rotatable bonds is 5. The van der Waals surface area contributed by atoms with Crippen LogP contribution in [0.15, 0.2) is 29.1 Å². The maximum Gasteiger partial charge on any atom is 0.411 e. The van der Waals surface area contributed by atoms with Crippen molar-refractivity contribution in [2.75, 3.05) is 6.54 Å². The maximum atomic E-state index is 12.9. The quantitative estimate of drug-likeness (QED) is 0.715. The van der Waals surface area contributed by atoms with E-state index in [1.807, 2.05) is 6.92 Å². The number of hydrogen-bond donors (Lipinski definition) is 2. The molecule has 2 atom stereocenters. The van der Waals surface area contributed by atoms with Crippen molar-refractivity contribution in [1.82, 2.24) is 19.8 Å². The van der Waals surface area contributed by atoms with Crippen LogP contribution >= 0.6 is 0 Å². The van der Waals surface area contributed by atoms with Crippen LogP contribution in [0.25, 0.3) is 10.9 Å². The number of nitrogens with zero attached hydrogens (tertiary/aromatic N) is 3. The Morgan fingerprint density at radius 3 is 2.56 bits per heavy atom. The number of hydrogen-bond acceptors (Lipinski definition) is 6. The van der Waals surface area contributed by atoms with Crippen LogP contribution in [0.4, 0.5) is 4.79 Å². The summed E-state index contributed by atoms with van der Waals surface area (Å²) in [6.45, 7) is 6.67.